The molecule has 0 bridgehead atoms. The number of carbonyl (C=O) groups is 1. The van der Waals surface area contributed by atoms with Crippen molar-refractivity contribution in [3.05, 3.63) is 46.9 Å². The minimum atomic E-state index is -1.14. The van der Waals surface area contributed by atoms with Gasteiger partial charge in [0.2, 0.25) is 0 Å². The monoisotopic (exact) mass is 334 g/mol. The molecule has 1 aromatic heterocycles. The summed E-state index contributed by atoms with van der Waals surface area (Å²) in [7, 11) is 1.28. The zero-order valence-electron chi connectivity index (χ0n) is 12.6. The number of thiophene rings is 1. The summed E-state index contributed by atoms with van der Waals surface area (Å²) in [4.78, 5) is 11.6. The molecular weight excluding hydrogens is 316 g/mol. The first kappa shape index (κ1) is 16.1. The van der Waals surface area contributed by atoms with E-state index in [1.54, 1.807) is 11.3 Å². The zero-order chi connectivity index (χ0) is 16.4. The van der Waals surface area contributed by atoms with E-state index in [1.165, 1.54) is 17.9 Å². The summed E-state index contributed by atoms with van der Waals surface area (Å²) < 4.78 is 11.6. The molecule has 2 N–H and O–H groups in total. The lowest BCUT2D eigenvalue weighted by molar-refractivity contribution is -0.138. The molecule has 0 amide bonds. The van der Waals surface area contributed by atoms with Crippen LogP contribution in [0.2, 0.25) is 0 Å². The van der Waals surface area contributed by atoms with Gasteiger partial charge in [-0.05, 0) is 40.6 Å². The van der Waals surface area contributed by atoms with E-state index in [1.807, 2.05) is 29.6 Å². The van der Waals surface area contributed by atoms with E-state index in [0.29, 0.717) is 12.2 Å². The predicted octanol–water partition coefficient (Wildman–Crippen LogP) is 2.01. The van der Waals surface area contributed by atoms with Crippen LogP contribution in [-0.2, 0) is 20.9 Å². The summed E-state index contributed by atoms with van der Waals surface area (Å²) in [5.74, 6) is -0.510. The molecule has 3 atom stereocenters. The summed E-state index contributed by atoms with van der Waals surface area (Å²) in [5, 5.41) is 23.1. The third kappa shape index (κ3) is 3.45. The summed E-state index contributed by atoms with van der Waals surface area (Å²) in [5.41, 5.74) is 1.30. The Morgan fingerprint density at radius 1 is 1.35 bits per heavy atom. The SMILES string of the molecule is COC(=O)C1=C[C@@H](O)[C@@H](O)[C@H](OCc2ccc3sccc3c2)C1. The molecule has 5 nitrogen and oxygen atoms in total. The number of aliphatic hydroxyl groups is 2. The third-order valence-corrected chi connectivity index (χ3v) is 4.85. The smallest absolute Gasteiger partial charge is 0.333 e. The number of aliphatic hydroxyl groups excluding tert-OH is 2. The van der Waals surface area contributed by atoms with Crippen LogP contribution < -0.4 is 0 Å². The fraction of sp³-hybridized carbons (Fsp3) is 0.353. The average Bonchev–Trinajstić information content (AvgIpc) is 3.02. The summed E-state index contributed by atoms with van der Waals surface area (Å²) in [6.07, 6.45) is -1.31. The maximum absolute atomic E-state index is 11.6. The Morgan fingerprint density at radius 3 is 2.96 bits per heavy atom. The van der Waals surface area contributed by atoms with Crippen molar-refractivity contribution in [2.45, 2.75) is 31.3 Å². The minimum Gasteiger partial charge on any atom is -0.466 e. The molecular formula is C17H18O5S. The molecule has 23 heavy (non-hydrogen) atoms. The number of hydrogen-bond acceptors (Lipinski definition) is 6. The first-order valence-electron chi connectivity index (χ1n) is 7.31. The summed E-state index contributed by atoms with van der Waals surface area (Å²) in [6.45, 7) is 0.300. The Morgan fingerprint density at radius 2 is 2.17 bits per heavy atom. The largest absolute Gasteiger partial charge is 0.466 e. The molecule has 0 radical (unpaired) electrons. The van der Waals surface area contributed by atoms with Crippen molar-refractivity contribution in [3.63, 3.8) is 0 Å². The van der Waals surface area contributed by atoms with E-state index in [0.717, 1.165) is 10.9 Å². The predicted molar refractivity (Wildman–Crippen MR) is 87.1 cm³/mol. The number of carbonyl (C=O) groups excluding carboxylic acids is 1. The number of fused-ring (bicyclic) bond motifs is 1. The molecule has 0 spiro atoms. The van der Waals surface area contributed by atoms with Gasteiger partial charge >= 0.3 is 5.97 Å². The molecule has 0 unspecified atom stereocenters. The number of rotatable bonds is 4. The van der Waals surface area contributed by atoms with E-state index in [-0.39, 0.29) is 6.42 Å². The van der Waals surface area contributed by atoms with Crippen molar-refractivity contribution >= 4 is 27.4 Å². The zero-order valence-corrected chi connectivity index (χ0v) is 13.5. The maximum Gasteiger partial charge on any atom is 0.333 e. The van der Waals surface area contributed by atoms with Crippen molar-refractivity contribution in [2.24, 2.45) is 0 Å². The molecule has 3 rings (SSSR count). The lowest BCUT2D eigenvalue weighted by Gasteiger charge is -2.30. The molecule has 2 aromatic rings. The summed E-state index contributed by atoms with van der Waals surface area (Å²) in [6, 6.07) is 8.08. The van der Waals surface area contributed by atoms with Gasteiger partial charge in [0, 0.05) is 16.7 Å². The fourth-order valence-corrected chi connectivity index (χ4v) is 3.45. The fourth-order valence-electron chi connectivity index (χ4n) is 2.68. The molecule has 6 heteroatoms. The second-order valence-corrected chi connectivity index (χ2v) is 6.46. The first-order valence-corrected chi connectivity index (χ1v) is 8.19. The van der Waals surface area contributed by atoms with Crippen molar-refractivity contribution in [2.75, 3.05) is 7.11 Å². The van der Waals surface area contributed by atoms with Crippen molar-refractivity contribution in [1.82, 2.24) is 0 Å². The lowest BCUT2D eigenvalue weighted by atomic mass is 9.92. The Labute approximate surface area is 137 Å². The van der Waals surface area contributed by atoms with Gasteiger partial charge in [-0.25, -0.2) is 4.79 Å². The quantitative estimate of drug-likeness (QED) is 0.837. The minimum absolute atomic E-state index is 0.214. The highest BCUT2D eigenvalue weighted by atomic mass is 32.1. The van der Waals surface area contributed by atoms with Crippen molar-refractivity contribution < 1.29 is 24.5 Å². The van der Waals surface area contributed by atoms with Gasteiger partial charge in [-0.3, -0.25) is 0 Å². The lowest BCUT2D eigenvalue weighted by Crippen LogP contribution is -2.42. The molecule has 0 aliphatic heterocycles. The first-order chi connectivity index (χ1) is 11.1. The Kier molecular flexibility index (Phi) is 4.77. The molecule has 1 aromatic carbocycles. The second-order valence-electron chi connectivity index (χ2n) is 5.51. The van der Waals surface area contributed by atoms with Gasteiger partial charge < -0.3 is 19.7 Å². The number of benzene rings is 1. The highest BCUT2D eigenvalue weighted by molar-refractivity contribution is 7.17. The second kappa shape index (κ2) is 6.80. The van der Waals surface area contributed by atoms with E-state index < -0.39 is 24.3 Å². The van der Waals surface area contributed by atoms with Crippen LogP contribution in [0.4, 0.5) is 0 Å². The van der Waals surface area contributed by atoms with Crippen LogP contribution in [0.25, 0.3) is 10.1 Å². The normalized spacial score (nSPS) is 24.5. The van der Waals surface area contributed by atoms with Crippen molar-refractivity contribution in [1.29, 1.82) is 0 Å². The van der Waals surface area contributed by atoms with Crippen LogP contribution in [0.5, 0.6) is 0 Å². The Hall–Kier alpha value is -1.73. The number of methoxy groups -OCH3 is 1. The van der Waals surface area contributed by atoms with Gasteiger partial charge in [-0.1, -0.05) is 6.07 Å². The molecule has 0 saturated heterocycles. The van der Waals surface area contributed by atoms with E-state index in [4.69, 9.17) is 4.74 Å². The van der Waals surface area contributed by atoms with Crippen molar-refractivity contribution in [3.8, 4) is 0 Å². The standard InChI is InChI=1S/C17H18O5S/c1-21-17(20)12-7-13(18)16(19)14(8-12)22-9-10-2-3-15-11(6-10)4-5-23-15/h2-7,13-14,16,18-19H,8-9H2,1H3/t13-,14-,16-/m1/s1. The molecule has 1 heterocycles. The highest BCUT2D eigenvalue weighted by Gasteiger charge is 2.34. The van der Waals surface area contributed by atoms with E-state index >= 15 is 0 Å². The van der Waals surface area contributed by atoms with Crippen LogP contribution in [-0.4, -0.2) is 41.6 Å². The van der Waals surface area contributed by atoms with Gasteiger partial charge in [0.15, 0.2) is 0 Å². The highest BCUT2D eigenvalue weighted by Crippen LogP contribution is 2.26. The van der Waals surface area contributed by atoms with Crippen LogP contribution in [0.15, 0.2) is 41.3 Å². The molecule has 0 fully saturated rings. The van der Waals surface area contributed by atoms with Crippen LogP contribution in [0.3, 0.4) is 0 Å². The van der Waals surface area contributed by atoms with E-state index in [9.17, 15) is 15.0 Å². The average molecular weight is 334 g/mol. The Balaban J connectivity index is 1.69. The number of ether oxygens (including phenoxy) is 2. The summed E-state index contributed by atoms with van der Waals surface area (Å²) >= 11 is 1.68. The van der Waals surface area contributed by atoms with Gasteiger partial charge in [0.05, 0.1) is 19.8 Å². The van der Waals surface area contributed by atoms with Crippen LogP contribution in [0, 0.1) is 0 Å². The van der Waals surface area contributed by atoms with Gasteiger partial charge in [0.1, 0.15) is 12.2 Å². The maximum atomic E-state index is 11.6. The number of hydrogen-bond donors (Lipinski definition) is 2. The third-order valence-electron chi connectivity index (χ3n) is 3.95. The van der Waals surface area contributed by atoms with Gasteiger partial charge in [0.25, 0.3) is 0 Å². The number of esters is 1. The van der Waals surface area contributed by atoms with E-state index in [2.05, 4.69) is 4.74 Å². The van der Waals surface area contributed by atoms with Crippen LogP contribution in [0.1, 0.15) is 12.0 Å². The molecule has 0 saturated carbocycles. The van der Waals surface area contributed by atoms with Gasteiger partial charge in [-0.15, -0.1) is 11.3 Å². The molecule has 1 aliphatic carbocycles. The topological polar surface area (TPSA) is 76.0 Å². The van der Waals surface area contributed by atoms with Gasteiger partial charge in [-0.2, -0.15) is 0 Å². The Bertz CT molecular complexity index is 735. The molecule has 1 aliphatic rings. The van der Waals surface area contributed by atoms with Crippen LogP contribution >= 0.6 is 11.3 Å². The molecule has 122 valence electrons.